The van der Waals surface area contributed by atoms with Gasteiger partial charge in [0.25, 0.3) is 5.82 Å². The molecule has 0 aromatic carbocycles. The van der Waals surface area contributed by atoms with Crippen molar-refractivity contribution in [1.29, 1.82) is 0 Å². The molecule has 48 valence electrons. The highest BCUT2D eigenvalue weighted by atomic mass is 16.5. The van der Waals surface area contributed by atoms with Crippen molar-refractivity contribution in [2.75, 3.05) is 5.73 Å². The molecule has 0 aliphatic heterocycles. The lowest BCUT2D eigenvalue weighted by atomic mass is 10.5. The topological polar surface area (TPSA) is 65.8 Å². The normalized spacial score (nSPS) is 9.44. The fraction of sp³-hybridized carbons (Fsp3) is 0.200. The summed E-state index contributed by atoms with van der Waals surface area (Å²) in [6, 6.07) is 0. The lowest BCUT2D eigenvalue weighted by molar-refractivity contribution is -0.590. The van der Waals surface area contributed by atoms with Crippen LogP contribution in [0.3, 0.4) is 0 Å². The monoisotopic (exact) mass is 125 g/mol. The Kier molecular flexibility index (Phi) is 1.22. The Morgan fingerprint density at radius 1 is 1.78 bits per heavy atom. The van der Waals surface area contributed by atoms with Crippen LogP contribution < -0.4 is 10.5 Å². The number of nitrogen functional groups attached to an aromatic ring is 1. The molecule has 0 unspecified atom stereocenters. The zero-order valence-corrected chi connectivity index (χ0v) is 5.03. The van der Waals surface area contributed by atoms with Crippen LogP contribution in [0.4, 0.5) is 5.82 Å². The molecule has 2 N–H and O–H groups in total. The molecule has 1 aromatic heterocycles. The van der Waals surface area contributed by atoms with E-state index >= 15 is 0 Å². The largest absolute Gasteiger partial charge is 0.711 e. The second kappa shape index (κ2) is 1.89. The van der Waals surface area contributed by atoms with Crippen molar-refractivity contribution in [3.05, 3.63) is 23.3 Å². The van der Waals surface area contributed by atoms with Crippen molar-refractivity contribution in [1.82, 2.24) is 4.98 Å². The van der Waals surface area contributed by atoms with E-state index in [1.165, 1.54) is 12.4 Å². The van der Waals surface area contributed by atoms with Crippen LogP contribution in [-0.2, 0) is 0 Å². The highest BCUT2D eigenvalue weighted by molar-refractivity contribution is 5.15. The number of aryl methyl sites for hydroxylation is 1. The number of aromatic nitrogens is 2. The average molecular weight is 125 g/mol. The van der Waals surface area contributed by atoms with Gasteiger partial charge in [-0.25, -0.2) is 9.71 Å². The minimum absolute atomic E-state index is 0.126. The van der Waals surface area contributed by atoms with Gasteiger partial charge >= 0.3 is 0 Å². The van der Waals surface area contributed by atoms with Crippen LogP contribution in [0, 0.1) is 12.1 Å². The average Bonchev–Trinajstić information content (AvgIpc) is 1.80. The third-order valence-corrected chi connectivity index (χ3v) is 0.959. The Morgan fingerprint density at radius 3 is 2.89 bits per heavy atom. The van der Waals surface area contributed by atoms with Gasteiger partial charge in [0, 0.05) is 0 Å². The van der Waals surface area contributed by atoms with E-state index in [1.54, 1.807) is 6.92 Å². The molecule has 0 atom stereocenters. The Morgan fingerprint density at radius 2 is 2.44 bits per heavy atom. The SMILES string of the molecule is Cc1c[n+]([O-])c(N)cn1. The third-order valence-electron chi connectivity index (χ3n) is 0.959. The summed E-state index contributed by atoms with van der Waals surface area (Å²) in [7, 11) is 0. The summed E-state index contributed by atoms with van der Waals surface area (Å²) >= 11 is 0. The molecule has 0 fully saturated rings. The maximum atomic E-state index is 10.6. The van der Waals surface area contributed by atoms with Crippen molar-refractivity contribution < 1.29 is 4.73 Å². The lowest BCUT2D eigenvalue weighted by Crippen LogP contribution is -2.30. The quantitative estimate of drug-likeness (QED) is 0.379. The predicted molar refractivity (Wildman–Crippen MR) is 32.3 cm³/mol. The molecule has 0 radical (unpaired) electrons. The molecular formula is C5H7N3O. The molecule has 4 nitrogen and oxygen atoms in total. The highest BCUT2D eigenvalue weighted by Crippen LogP contribution is 1.89. The fourth-order valence-electron chi connectivity index (χ4n) is 0.502. The maximum Gasteiger partial charge on any atom is 0.294 e. The predicted octanol–water partition coefficient (Wildman–Crippen LogP) is -0.394. The highest BCUT2D eigenvalue weighted by Gasteiger charge is 1.94. The molecule has 0 amide bonds. The first-order valence-corrected chi connectivity index (χ1v) is 2.51. The van der Waals surface area contributed by atoms with Crippen LogP contribution in [0.25, 0.3) is 0 Å². The Labute approximate surface area is 52.5 Å². The summed E-state index contributed by atoms with van der Waals surface area (Å²) in [5, 5.41) is 10.6. The van der Waals surface area contributed by atoms with E-state index in [9.17, 15) is 5.21 Å². The lowest BCUT2D eigenvalue weighted by Gasteiger charge is -2.02. The van der Waals surface area contributed by atoms with Crippen LogP contribution in [-0.4, -0.2) is 4.98 Å². The molecule has 4 heteroatoms. The first-order valence-electron chi connectivity index (χ1n) is 2.51. The molecule has 0 aliphatic rings. The standard InChI is InChI=1S/C5H7N3O/c1-4-3-8(9)5(6)2-7-4/h2-3H,6H2,1H3. The van der Waals surface area contributed by atoms with Gasteiger partial charge in [0.2, 0.25) is 0 Å². The number of nitrogens with zero attached hydrogens (tertiary/aromatic N) is 2. The van der Waals surface area contributed by atoms with Crippen molar-refractivity contribution >= 4 is 5.82 Å². The molecule has 0 spiro atoms. The van der Waals surface area contributed by atoms with Crippen molar-refractivity contribution in [3.8, 4) is 0 Å². The minimum Gasteiger partial charge on any atom is -0.711 e. The summed E-state index contributed by atoms with van der Waals surface area (Å²) < 4.78 is 0.586. The van der Waals surface area contributed by atoms with Crippen LogP contribution >= 0.6 is 0 Å². The number of hydrogen-bond donors (Lipinski definition) is 1. The minimum atomic E-state index is 0.126. The third kappa shape index (κ3) is 1.07. The van der Waals surface area contributed by atoms with Crippen LogP contribution in [0.2, 0.25) is 0 Å². The van der Waals surface area contributed by atoms with E-state index < -0.39 is 0 Å². The summed E-state index contributed by atoms with van der Waals surface area (Å²) in [4.78, 5) is 3.79. The van der Waals surface area contributed by atoms with Gasteiger partial charge in [-0.3, -0.25) is 5.73 Å². The molecule has 1 rings (SSSR count). The van der Waals surface area contributed by atoms with Gasteiger partial charge in [-0.2, -0.15) is 0 Å². The molecule has 0 saturated carbocycles. The number of nitrogens with two attached hydrogens (primary N) is 1. The zero-order valence-electron chi connectivity index (χ0n) is 5.03. The molecule has 1 aromatic rings. The molecule has 0 saturated heterocycles. The van der Waals surface area contributed by atoms with Gasteiger partial charge in [-0.1, -0.05) is 0 Å². The second-order valence-corrected chi connectivity index (χ2v) is 1.78. The summed E-state index contributed by atoms with van der Waals surface area (Å²) in [5.74, 6) is 0.126. The second-order valence-electron chi connectivity index (χ2n) is 1.78. The number of rotatable bonds is 0. The van der Waals surface area contributed by atoms with Gasteiger partial charge in [0.15, 0.2) is 0 Å². The van der Waals surface area contributed by atoms with E-state index in [0.717, 1.165) is 0 Å². The summed E-state index contributed by atoms with van der Waals surface area (Å²) in [5.41, 5.74) is 5.84. The Bertz CT molecular complexity index is 223. The van der Waals surface area contributed by atoms with Gasteiger partial charge in [0.05, 0.1) is 5.69 Å². The first-order chi connectivity index (χ1) is 4.20. The van der Waals surface area contributed by atoms with Gasteiger partial charge in [-0.05, 0) is 6.92 Å². The zero-order chi connectivity index (χ0) is 6.85. The van der Waals surface area contributed by atoms with Gasteiger partial charge in [-0.15, -0.1) is 0 Å². The molecule has 0 aliphatic carbocycles. The Balaban J connectivity index is 3.17. The molecular weight excluding hydrogens is 118 g/mol. The van der Waals surface area contributed by atoms with E-state index in [1.807, 2.05) is 0 Å². The molecule has 9 heavy (non-hydrogen) atoms. The van der Waals surface area contributed by atoms with E-state index in [0.29, 0.717) is 10.4 Å². The van der Waals surface area contributed by atoms with E-state index in [-0.39, 0.29) is 5.82 Å². The summed E-state index contributed by atoms with van der Waals surface area (Å²) in [6.45, 7) is 1.73. The van der Waals surface area contributed by atoms with Crippen molar-refractivity contribution in [2.45, 2.75) is 6.92 Å². The fourth-order valence-corrected chi connectivity index (χ4v) is 0.502. The molecule has 0 bridgehead atoms. The number of anilines is 1. The maximum absolute atomic E-state index is 10.6. The van der Waals surface area contributed by atoms with Crippen LogP contribution in [0.15, 0.2) is 12.4 Å². The van der Waals surface area contributed by atoms with Crippen LogP contribution in [0.1, 0.15) is 5.69 Å². The van der Waals surface area contributed by atoms with Crippen molar-refractivity contribution in [3.63, 3.8) is 0 Å². The van der Waals surface area contributed by atoms with Gasteiger partial charge < -0.3 is 5.21 Å². The van der Waals surface area contributed by atoms with E-state index in [4.69, 9.17) is 5.73 Å². The Hall–Kier alpha value is -1.32. The number of hydrogen-bond acceptors (Lipinski definition) is 3. The van der Waals surface area contributed by atoms with Gasteiger partial charge in [0.1, 0.15) is 12.4 Å². The molecule has 1 heterocycles. The van der Waals surface area contributed by atoms with E-state index in [2.05, 4.69) is 4.98 Å². The smallest absolute Gasteiger partial charge is 0.294 e. The van der Waals surface area contributed by atoms with Crippen molar-refractivity contribution in [2.24, 2.45) is 0 Å². The summed E-state index contributed by atoms with van der Waals surface area (Å²) in [6.07, 6.45) is 2.66. The van der Waals surface area contributed by atoms with Crippen LogP contribution in [0.5, 0.6) is 0 Å². The first kappa shape index (κ1) is 5.81.